The molecule has 1 aliphatic carbocycles. The molecule has 0 spiro atoms. The number of unbranched alkanes of at least 4 members (excludes halogenated alkanes) is 2. The summed E-state index contributed by atoms with van der Waals surface area (Å²) in [6, 6.07) is 8.13. The SMILES string of the molecule is CCCCCc1ccc(NC(=O)C2(N)CCC2)cc1. The maximum absolute atomic E-state index is 12.0. The lowest BCUT2D eigenvalue weighted by Crippen LogP contribution is -2.56. The molecule has 1 aromatic carbocycles. The number of nitrogens with one attached hydrogen (secondary N) is 1. The van der Waals surface area contributed by atoms with Gasteiger partial charge in [0.2, 0.25) is 5.91 Å². The van der Waals surface area contributed by atoms with Crippen molar-refractivity contribution in [3.63, 3.8) is 0 Å². The Hall–Kier alpha value is -1.35. The van der Waals surface area contributed by atoms with E-state index in [0.29, 0.717) is 0 Å². The third-order valence-corrected chi connectivity index (χ3v) is 3.98. The van der Waals surface area contributed by atoms with Crippen LogP contribution in [0.25, 0.3) is 0 Å². The van der Waals surface area contributed by atoms with E-state index in [9.17, 15) is 4.79 Å². The number of aryl methyl sites for hydroxylation is 1. The second-order valence-corrected chi connectivity index (χ2v) is 5.62. The van der Waals surface area contributed by atoms with Crippen LogP contribution in [-0.2, 0) is 11.2 Å². The van der Waals surface area contributed by atoms with Crippen molar-refractivity contribution in [2.45, 2.75) is 57.4 Å². The Morgan fingerprint density at radius 1 is 1.26 bits per heavy atom. The number of benzene rings is 1. The maximum atomic E-state index is 12.0. The molecule has 0 saturated heterocycles. The lowest BCUT2D eigenvalue weighted by atomic mass is 9.77. The topological polar surface area (TPSA) is 55.1 Å². The zero-order valence-electron chi connectivity index (χ0n) is 11.7. The monoisotopic (exact) mass is 260 g/mol. The Morgan fingerprint density at radius 3 is 2.47 bits per heavy atom. The van der Waals surface area contributed by atoms with Gasteiger partial charge in [-0.25, -0.2) is 0 Å². The zero-order chi connectivity index (χ0) is 13.7. The molecule has 3 heteroatoms. The average molecular weight is 260 g/mol. The summed E-state index contributed by atoms with van der Waals surface area (Å²) in [5.41, 5.74) is 7.55. The Morgan fingerprint density at radius 2 is 1.95 bits per heavy atom. The van der Waals surface area contributed by atoms with Crippen molar-refractivity contribution in [1.82, 2.24) is 0 Å². The summed E-state index contributed by atoms with van der Waals surface area (Å²) in [5, 5.41) is 2.91. The third-order valence-electron chi connectivity index (χ3n) is 3.98. The normalized spacial score (nSPS) is 16.7. The van der Waals surface area contributed by atoms with Crippen molar-refractivity contribution in [3.8, 4) is 0 Å². The molecule has 1 aliphatic rings. The summed E-state index contributed by atoms with van der Waals surface area (Å²) in [7, 11) is 0. The predicted molar refractivity (Wildman–Crippen MR) is 79.1 cm³/mol. The molecule has 104 valence electrons. The molecular weight excluding hydrogens is 236 g/mol. The van der Waals surface area contributed by atoms with Crippen LogP contribution in [0.5, 0.6) is 0 Å². The maximum Gasteiger partial charge on any atom is 0.244 e. The first-order valence-corrected chi connectivity index (χ1v) is 7.33. The number of amides is 1. The largest absolute Gasteiger partial charge is 0.324 e. The number of carbonyl (C=O) groups is 1. The second kappa shape index (κ2) is 6.20. The molecule has 0 bridgehead atoms. The van der Waals surface area contributed by atoms with E-state index in [1.807, 2.05) is 12.1 Å². The minimum absolute atomic E-state index is 0.0440. The molecule has 1 amide bonds. The Bertz CT molecular complexity index is 421. The Labute approximate surface area is 115 Å². The predicted octanol–water partition coefficient (Wildman–Crippen LogP) is 3.24. The van der Waals surface area contributed by atoms with E-state index in [-0.39, 0.29) is 5.91 Å². The number of carbonyl (C=O) groups excluding carboxylic acids is 1. The van der Waals surface area contributed by atoms with Gasteiger partial charge in [0, 0.05) is 5.69 Å². The van der Waals surface area contributed by atoms with Gasteiger partial charge in [-0.3, -0.25) is 4.79 Å². The fourth-order valence-electron chi connectivity index (χ4n) is 2.37. The summed E-state index contributed by atoms with van der Waals surface area (Å²) in [6.07, 6.45) is 7.51. The number of nitrogens with two attached hydrogens (primary N) is 1. The first-order valence-electron chi connectivity index (χ1n) is 7.33. The summed E-state index contributed by atoms with van der Waals surface area (Å²) in [6.45, 7) is 2.21. The van der Waals surface area contributed by atoms with E-state index >= 15 is 0 Å². The van der Waals surface area contributed by atoms with Gasteiger partial charge in [0.15, 0.2) is 0 Å². The molecule has 1 aromatic rings. The second-order valence-electron chi connectivity index (χ2n) is 5.62. The molecule has 1 saturated carbocycles. The molecule has 0 unspecified atom stereocenters. The van der Waals surface area contributed by atoms with Crippen LogP contribution in [0, 0.1) is 0 Å². The first kappa shape index (κ1) is 14.1. The van der Waals surface area contributed by atoms with Crippen molar-refractivity contribution in [2.24, 2.45) is 5.73 Å². The average Bonchev–Trinajstić information content (AvgIpc) is 2.38. The fourth-order valence-corrected chi connectivity index (χ4v) is 2.37. The number of hydrogen-bond donors (Lipinski definition) is 2. The number of hydrogen-bond acceptors (Lipinski definition) is 2. The molecule has 0 radical (unpaired) electrons. The van der Waals surface area contributed by atoms with E-state index in [1.165, 1.54) is 24.8 Å². The van der Waals surface area contributed by atoms with Crippen LogP contribution >= 0.6 is 0 Å². The van der Waals surface area contributed by atoms with Gasteiger partial charge >= 0.3 is 0 Å². The Balaban J connectivity index is 1.86. The van der Waals surface area contributed by atoms with Gasteiger partial charge in [-0.05, 0) is 49.8 Å². The quantitative estimate of drug-likeness (QED) is 0.771. The van der Waals surface area contributed by atoms with E-state index in [1.54, 1.807) is 0 Å². The zero-order valence-corrected chi connectivity index (χ0v) is 11.7. The Kier molecular flexibility index (Phi) is 4.59. The summed E-state index contributed by atoms with van der Waals surface area (Å²) >= 11 is 0. The van der Waals surface area contributed by atoms with Crippen LogP contribution < -0.4 is 11.1 Å². The van der Waals surface area contributed by atoms with Crippen LogP contribution in [-0.4, -0.2) is 11.4 Å². The van der Waals surface area contributed by atoms with Crippen molar-refractivity contribution in [1.29, 1.82) is 0 Å². The molecule has 0 heterocycles. The molecular formula is C16H24N2O. The highest BCUT2D eigenvalue weighted by Crippen LogP contribution is 2.30. The van der Waals surface area contributed by atoms with Crippen molar-refractivity contribution < 1.29 is 4.79 Å². The third kappa shape index (κ3) is 3.57. The lowest BCUT2D eigenvalue weighted by molar-refractivity contribution is -0.123. The van der Waals surface area contributed by atoms with Gasteiger partial charge in [-0.1, -0.05) is 31.9 Å². The van der Waals surface area contributed by atoms with Crippen LogP contribution in [0.2, 0.25) is 0 Å². The van der Waals surface area contributed by atoms with Crippen LogP contribution in [0.3, 0.4) is 0 Å². The highest BCUT2D eigenvalue weighted by Gasteiger charge is 2.40. The molecule has 0 atom stereocenters. The molecule has 3 nitrogen and oxygen atoms in total. The smallest absolute Gasteiger partial charge is 0.244 e. The van der Waals surface area contributed by atoms with Gasteiger partial charge in [0.05, 0.1) is 5.54 Å². The van der Waals surface area contributed by atoms with Gasteiger partial charge < -0.3 is 11.1 Å². The van der Waals surface area contributed by atoms with Crippen molar-refractivity contribution in [3.05, 3.63) is 29.8 Å². The minimum atomic E-state index is -0.625. The summed E-state index contributed by atoms with van der Waals surface area (Å²) < 4.78 is 0. The van der Waals surface area contributed by atoms with Crippen LogP contribution in [0.1, 0.15) is 51.0 Å². The standard InChI is InChI=1S/C16H24N2O/c1-2-3-4-6-13-7-9-14(10-8-13)18-15(19)16(17)11-5-12-16/h7-10H,2-6,11-12,17H2,1H3,(H,18,19). The van der Waals surface area contributed by atoms with Gasteiger partial charge in [-0.15, -0.1) is 0 Å². The van der Waals surface area contributed by atoms with E-state index in [0.717, 1.165) is 31.4 Å². The van der Waals surface area contributed by atoms with E-state index in [2.05, 4.69) is 24.4 Å². The van der Waals surface area contributed by atoms with Crippen molar-refractivity contribution >= 4 is 11.6 Å². The van der Waals surface area contributed by atoms with Gasteiger partial charge in [-0.2, -0.15) is 0 Å². The van der Waals surface area contributed by atoms with E-state index < -0.39 is 5.54 Å². The fraction of sp³-hybridized carbons (Fsp3) is 0.562. The van der Waals surface area contributed by atoms with Crippen LogP contribution in [0.4, 0.5) is 5.69 Å². The first-order chi connectivity index (χ1) is 9.14. The van der Waals surface area contributed by atoms with Gasteiger partial charge in [0.25, 0.3) is 0 Å². The summed E-state index contributed by atoms with van der Waals surface area (Å²) in [5.74, 6) is -0.0440. The molecule has 1 fully saturated rings. The molecule has 2 rings (SSSR count). The lowest BCUT2D eigenvalue weighted by Gasteiger charge is -2.36. The van der Waals surface area contributed by atoms with E-state index in [4.69, 9.17) is 5.73 Å². The van der Waals surface area contributed by atoms with Crippen LogP contribution in [0.15, 0.2) is 24.3 Å². The van der Waals surface area contributed by atoms with Crippen molar-refractivity contribution in [2.75, 3.05) is 5.32 Å². The molecule has 3 N–H and O–H groups in total. The highest BCUT2D eigenvalue weighted by atomic mass is 16.2. The molecule has 19 heavy (non-hydrogen) atoms. The minimum Gasteiger partial charge on any atom is -0.324 e. The highest BCUT2D eigenvalue weighted by molar-refractivity contribution is 5.98. The number of rotatable bonds is 6. The molecule has 0 aliphatic heterocycles. The van der Waals surface area contributed by atoms with Gasteiger partial charge in [0.1, 0.15) is 0 Å². The summed E-state index contributed by atoms with van der Waals surface area (Å²) in [4.78, 5) is 12.0. The molecule has 0 aromatic heterocycles. The number of anilines is 1.